The normalized spacial score (nSPS) is 13.3. The van der Waals surface area contributed by atoms with Gasteiger partial charge in [0.05, 0.1) is 12.8 Å². The standard InChI is InChI=1S/C28H33N3O3S/c1-34-24-12-6-21(7-13-24)26-16-10-23(31(26)22-8-14-25(35-2)15-9-22)11-17-27(32)29-18-4-20-30-19-3-5-28(30)33/h6-10,12-16H,3-5,11,17-20H2,1-2H3,(H,29,32). The maximum absolute atomic E-state index is 12.5. The van der Waals surface area contributed by atoms with Gasteiger partial charge in [-0.1, -0.05) is 0 Å². The number of benzene rings is 2. The number of ether oxygens (including phenoxy) is 1. The van der Waals surface area contributed by atoms with Crippen LogP contribution in [0.4, 0.5) is 0 Å². The fourth-order valence-corrected chi connectivity index (χ4v) is 4.87. The van der Waals surface area contributed by atoms with Crippen LogP contribution in [0.25, 0.3) is 16.9 Å². The molecule has 1 fully saturated rings. The number of likely N-dealkylation sites (tertiary alicyclic amines) is 1. The Morgan fingerprint density at radius 2 is 1.83 bits per heavy atom. The van der Waals surface area contributed by atoms with Gasteiger partial charge in [-0.3, -0.25) is 9.59 Å². The lowest BCUT2D eigenvalue weighted by atomic mass is 10.1. The Balaban J connectivity index is 1.43. The lowest BCUT2D eigenvalue weighted by Crippen LogP contribution is -2.30. The van der Waals surface area contributed by atoms with Gasteiger partial charge in [0.1, 0.15) is 5.75 Å². The van der Waals surface area contributed by atoms with Crippen molar-refractivity contribution in [3.05, 3.63) is 66.4 Å². The zero-order valence-corrected chi connectivity index (χ0v) is 21.3. The summed E-state index contributed by atoms with van der Waals surface area (Å²) < 4.78 is 7.55. The minimum absolute atomic E-state index is 0.0363. The molecule has 1 aliphatic rings. The third-order valence-corrected chi connectivity index (χ3v) is 7.13. The molecular formula is C28H33N3O3S. The number of carbonyl (C=O) groups is 2. The zero-order chi connectivity index (χ0) is 24.6. The van der Waals surface area contributed by atoms with E-state index in [1.54, 1.807) is 18.9 Å². The highest BCUT2D eigenvalue weighted by Crippen LogP contribution is 2.29. The van der Waals surface area contributed by atoms with Crippen molar-refractivity contribution in [2.45, 2.75) is 37.0 Å². The van der Waals surface area contributed by atoms with E-state index in [1.165, 1.54) is 4.90 Å². The molecule has 0 saturated carbocycles. The van der Waals surface area contributed by atoms with E-state index in [2.05, 4.69) is 64.7 Å². The number of methoxy groups -OCH3 is 1. The molecular weight excluding hydrogens is 458 g/mol. The Kier molecular flexibility index (Phi) is 8.53. The minimum Gasteiger partial charge on any atom is -0.497 e. The fourth-order valence-electron chi connectivity index (χ4n) is 4.47. The second-order valence-corrected chi connectivity index (χ2v) is 9.54. The summed E-state index contributed by atoms with van der Waals surface area (Å²) in [5, 5.41) is 3.01. The number of nitrogens with zero attached hydrogens (tertiary/aromatic N) is 2. The van der Waals surface area contributed by atoms with E-state index in [-0.39, 0.29) is 11.8 Å². The number of aromatic nitrogens is 1. The fraction of sp³-hybridized carbons (Fsp3) is 0.357. The molecule has 2 heterocycles. The molecule has 7 heteroatoms. The Labute approximate surface area is 211 Å². The molecule has 1 aromatic heterocycles. The zero-order valence-electron chi connectivity index (χ0n) is 20.5. The van der Waals surface area contributed by atoms with Gasteiger partial charge >= 0.3 is 0 Å². The molecule has 3 aromatic rings. The molecule has 0 aliphatic carbocycles. The van der Waals surface area contributed by atoms with Gasteiger partial charge in [0.15, 0.2) is 0 Å². The van der Waals surface area contributed by atoms with E-state index < -0.39 is 0 Å². The SMILES string of the molecule is COc1ccc(-c2ccc(CCC(=O)NCCCN3CCCC3=O)n2-c2ccc(SC)cc2)cc1. The van der Waals surface area contributed by atoms with Gasteiger partial charge in [0.2, 0.25) is 11.8 Å². The summed E-state index contributed by atoms with van der Waals surface area (Å²) in [5.41, 5.74) is 4.33. The molecule has 2 amide bonds. The summed E-state index contributed by atoms with van der Waals surface area (Å²) >= 11 is 1.72. The Hall–Kier alpha value is -3.19. The maximum Gasteiger partial charge on any atom is 0.222 e. The summed E-state index contributed by atoms with van der Waals surface area (Å²) in [6.07, 6.45) is 5.51. The molecule has 35 heavy (non-hydrogen) atoms. The predicted octanol–water partition coefficient (Wildman–Crippen LogP) is 4.94. The summed E-state index contributed by atoms with van der Waals surface area (Å²) in [7, 11) is 1.67. The highest BCUT2D eigenvalue weighted by molar-refractivity contribution is 7.98. The molecule has 1 N–H and O–H groups in total. The van der Waals surface area contributed by atoms with E-state index in [0.717, 1.165) is 54.3 Å². The smallest absolute Gasteiger partial charge is 0.222 e. The Bertz CT molecular complexity index is 1140. The summed E-state index contributed by atoms with van der Waals surface area (Å²) in [5.74, 6) is 1.09. The van der Waals surface area contributed by atoms with Crippen molar-refractivity contribution in [3.63, 3.8) is 0 Å². The monoisotopic (exact) mass is 491 g/mol. The van der Waals surface area contributed by atoms with Crippen molar-refractivity contribution < 1.29 is 14.3 Å². The first-order chi connectivity index (χ1) is 17.1. The van der Waals surface area contributed by atoms with Crippen LogP contribution in [0.2, 0.25) is 0 Å². The van der Waals surface area contributed by atoms with E-state index in [4.69, 9.17) is 4.74 Å². The topological polar surface area (TPSA) is 63.6 Å². The minimum atomic E-state index is 0.0363. The number of rotatable bonds is 11. The molecule has 1 saturated heterocycles. The van der Waals surface area contributed by atoms with E-state index in [0.29, 0.717) is 25.8 Å². The lowest BCUT2D eigenvalue weighted by molar-refractivity contribution is -0.127. The van der Waals surface area contributed by atoms with Crippen LogP contribution in [0, 0.1) is 0 Å². The summed E-state index contributed by atoms with van der Waals surface area (Å²) in [6, 6.07) is 20.8. The highest BCUT2D eigenvalue weighted by atomic mass is 32.2. The van der Waals surface area contributed by atoms with Crippen molar-refractivity contribution in [3.8, 4) is 22.7 Å². The van der Waals surface area contributed by atoms with E-state index >= 15 is 0 Å². The van der Waals surface area contributed by atoms with Crippen LogP contribution in [0.3, 0.4) is 0 Å². The van der Waals surface area contributed by atoms with Crippen molar-refractivity contribution >= 4 is 23.6 Å². The Morgan fingerprint density at radius 1 is 1.06 bits per heavy atom. The van der Waals surface area contributed by atoms with Crippen molar-refractivity contribution in [1.29, 1.82) is 0 Å². The number of aryl methyl sites for hydroxylation is 1. The largest absolute Gasteiger partial charge is 0.497 e. The average molecular weight is 492 g/mol. The number of hydrogen-bond acceptors (Lipinski definition) is 4. The third kappa shape index (κ3) is 6.28. The van der Waals surface area contributed by atoms with Crippen LogP contribution in [0.15, 0.2) is 65.6 Å². The van der Waals surface area contributed by atoms with E-state index in [9.17, 15) is 9.59 Å². The van der Waals surface area contributed by atoms with Gasteiger partial charge in [0.25, 0.3) is 0 Å². The number of hydrogen-bond donors (Lipinski definition) is 1. The van der Waals surface area contributed by atoms with Crippen molar-refractivity contribution in [2.75, 3.05) is 33.0 Å². The summed E-state index contributed by atoms with van der Waals surface area (Å²) in [4.78, 5) is 27.4. The predicted molar refractivity (Wildman–Crippen MR) is 141 cm³/mol. The van der Waals surface area contributed by atoms with Crippen LogP contribution in [-0.4, -0.2) is 54.3 Å². The third-order valence-electron chi connectivity index (χ3n) is 6.38. The molecule has 184 valence electrons. The highest BCUT2D eigenvalue weighted by Gasteiger charge is 2.19. The van der Waals surface area contributed by atoms with Crippen LogP contribution >= 0.6 is 11.8 Å². The molecule has 4 rings (SSSR count). The molecule has 0 atom stereocenters. The average Bonchev–Trinajstić information content (AvgIpc) is 3.51. The molecule has 0 unspecified atom stereocenters. The van der Waals surface area contributed by atoms with Crippen LogP contribution in [-0.2, 0) is 16.0 Å². The van der Waals surface area contributed by atoms with Crippen LogP contribution < -0.4 is 10.1 Å². The number of thioether (sulfide) groups is 1. The quantitative estimate of drug-likeness (QED) is 0.305. The van der Waals surface area contributed by atoms with Crippen molar-refractivity contribution in [1.82, 2.24) is 14.8 Å². The van der Waals surface area contributed by atoms with Gasteiger partial charge in [-0.25, -0.2) is 0 Å². The Morgan fingerprint density at radius 3 is 2.49 bits per heavy atom. The lowest BCUT2D eigenvalue weighted by Gasteiger charge is -2.16. The van der Waals surface area contributed by atoms with E-state index in [1.807, 2.05) is 17.0 Å². The second-order valence-electron chi connectivity index (χ2n) is 8.66. The van der Waals surface area contributed by atoms with Crippen LogP contribution in [0.5, 0.6) is 5.75 Å². The number of amides is 2. The first-order valence-electron chi connectivity index (χ1n) is 12.1. The number of nitrogens with one attached hydrogen (secondary N) is 1. The molecule has 1 aliphatic heterocycles. The molecule has 2 aromatic carbocycles. The second kappa shape index (κ2) is 12.0. The van der Waals surface area contributed by atoms with Gasteiger partial charge < -0.3 is 19.5 Å². The van der Waals surface area contributed by atoms with Crippen molar-refractivity contribution in [2.24, 2.45) is 0 Å². The number of carbonyl (C=O) groups excluding carboxylic acids is 2. The maximum atomic E-state index is 12.5. The molecule has 6 nitrogen and oxygen atoms in total. The van der Waals surface area contributed by atoms with Crippen LogP contribution in [0.1, 0.15) is 31.4 Å². The van der Waals surface area contributed by atoms with Gasteiger partial charge in [0, 0.05) is 48.8 Å². The first kappa shape index (κ1) is 24.9. The summed E-state index contributed by atoms with van der Waals surface area (Å²) in [6.45, 7) is 2.16. The molecule has 0 radical (unpaired) electrons. The van der Waals surface area contributed by atoms with Gasteiger partial charge in [-0.2, -0.15) is 0 Å². The molecule has 0 spiro atoms. The first-order valence-corrected chi connectivity index (χ1v) is 13.4. The van der Waals surface area contributed by atoms with Gasteiger partial charge in [-0.05, 0) is 91.7 Å². The molecule has 0 bridgehead atoms. The van der Waals surface area contributed by atoms with Gasteiger partial charge in [-0.15, -0.1) is 11.8 Å².